The minimum absolute atomic E-state index is 0.0117. The molecule has 0 aliphatic heterocycles. The number of esters is 1. The average molecular weight is 603 g/mol. The van der Waals surface area contributed by atoms with Gasteiger partial charge in [-0.3, -0.25) is 4.79 Å². The van der Waals surface area contributed by atoms with Gasteiger partial charge in [-0.1, -0.05) is 61.7 Å². The molecule has 1 aromatic heterocycles. The molecule has 228 valence electrons. The van der Waals surface area contributed by atoms with Gasteiger partial charge in [-0.2, -0.15) is 0 Å². The quantitative estimate of drug-likeness (QED) is 0.125. The third kappa shape index (κ3) is 9.90. The number of carbonyl (C=O) groups excluding carboxylic acids is 2. The van der Waals surface area contributed by atoms with Gasteiger partial charge in [-0.05, 0) is 86.9 Å². The molecule has 1 fully saturated rings. The Morgan fingerprint density at radius 1 is 1.05 bits per heavy atom. The number of aliphatic hydroxyl groups is 1. The van der Waals surface area contributed by atoms with Crippen molar-refractivity contribution >= 4 is 29.3 Å². The topological polar surface area (TPSA) is 97.8 Å². The Morgan fingerprint density at radius 3 is 2.47 bits per heavy atom. The highest BCUT2D eigenvalue weighted by Crippen LogP contribution is 2.29. The molecule has 0 spiro atoms. The van der Waals surface area contributed by atoms with Crippen LogP contribution in [-0.4, -0.2) is 34.7 Å². The number of nitrogens with zero attached hydrogens (tertiary/aromatic N) is 1. The van der Waals surface area contributed by atoms with Crippen LogP contribution in [0.3, 0.4) is 0 Å². The van der Waals surface area contributed by atoms with E-state index in [1.54, 1.807) is 19.9 Å². The second-order valence-corrected chi connectivity index (χ2v) is 12.0. The summed E-state index contributed by atoms with van der Waals surface area (Å²) in [6.45, 7) is 6.23. The summed E-state index contributed by atoms with van der Waals surface area (Å²) >= 11 is 1.46. The van der Waals surface area contributed by atoms with Crippen molar-refractivity contribution in [2.24, 2.45) is 5.92 Å². The number of allylic oxidation sites excluding steroid dienone is 2. The third-order valence-corrected chi connectivity index (χ3v) is 8.52. The van der Waals surface area contributed by atoms with E-state index in [2.05, 4.69) is 5.32 Å². The predicted octanol–water partition coefficient (Wildman–Crippen LogP) is 6.98. The number of hydrogen-bond acceptors (Lipinski definition) is 7. The highest BCUT2D eigenvalue weighted by Gasteiger charge is 2.30. The maximum absolute atomic E-state index is 13.2. The maximum atomic E-state index is 13.2. The zero-order chi connectivity index (χ0) is 30.6. The molecule has 1 heterocycles. The first-order valence-corrected chi connectivity index (χ1v) is 15.9. The molecule has 1 aliphatic carbocycles. The average Bonchev–Trinajstić information content (AvgIpc) is 3.49. The van der Waals surface area contributed by atoms with Crippen molar-refractivity contribution in [1.82, 2.24) is 10.3 Å². The maximum Gasteiger partial charge on any atom is 0.333 e. The Labute approximate surface area is 258 Å². The van der Waals surface area contributed by atoms with Gasteiger partial charge in [0.2, 0.25) is 5.91 Å². The number of hydrogen-bond donors (Lipinski definition) is 2. The predicted molar refractivity (Wildman–Crippen MR) is 171 cm³/mol. The number of ether oxygens (including phenoxy) is 2. The molecule has 1 saturated carbocycles. The van der Waals surface area contributed by atoms with Crippen molar-refractivity contribution < 1.29 is 24.2 Å². The van der Waals surface area contributed by atoms with Crippen LogP contribution in [0.5, 0.6) is 5.75 Å². The van der Waals surface area contributed by atoms with Crippen molar-refractivity contribution in [3.63, 3.8) is 0 Å². The molecule has 2 N–H and O–H groups in total. The fourth-order valence-electron chi connectivity index (χ4n) is 5.27. The van der Waals surface area contributed by atoms with Gasteiger partial charge in [-0.15, -0.1) is 11.3 Å². The summed E-state index contributed by atoms with van der Waals surface area (Å²) in [7, 11) is 0. The van der Waals surface area contributed by atoms with E-state index < -0.39 is 12.1 Å². The summed E-state index contributed by atoms with van der Waals surface area (Å²) in [6.07, 6.45) is 8.14. The van der Waals surface area contributed by atoms with Crippen molar-refractivity contribution in [2.45, 2.75) is 78.0 Å². The summed E-state index contributed by atoms with van der Waals surface area (Å²) in [5.74, 6) is 0.0627. The van der Waals surface area contributed by atoms with Crippen LogP contribution in [0.1, 0.15) is 80.7 Å². The number of amides is 1. The van der Waals surface area contributed by atoms with Gasteiger partial charge in [0.05, 0.1) is 18.3 Å². The summed E-state index contributed by atoms with van der Waals surface area (Å²) in [6, 6.07) is 17.5. The SMILES string of the molecule is CCOC(=O)/C(C)=C\C(C)=C\c1csc([C@H](Cc2ccc(OCc3ccccc3)cc2)NC(=O)C(O)C2CCCCC2)n1. The number of aromatic nitrogens is 1. The molecule has 4 rings (SSSR count). The molecule has 2 aromatic carbocycles. The van der Waals surface area contributed by atoms with E-state index in [1.807, 2.05) is 73.0 Å². The molecule has 8 heteroatoms. The molecule has 1 unspecified atom stereocenters. The molecular formula is C35H42N2O5S. The second kappa shape index (κ2) is 16.2. The van der Waals surface area contributed by atoms with Crippen LogP contribution in [0.15, 0.2) is 77.2 Å². The normalized spacial score (nSPS) is 15.9. The summed E-state index contributed by atoms with van der Waals surface area (Å²) in [5, 5.41) is 16.7. The van der Waals surface area contributed by atoms with E-state index in [0.29, 0.717) is 25.2 Å². The first-order chi connectivity index (χ1) is 20.8. The zero-order valence-electron chi connectivity index (χ0n) is 25.3. The minimum atomic E-state index is -1.03. The van der Waals surface area contributed by atoms with Crippen molar-refractivity contribution in [3.05, 3.63) is 99.0 Å². The van der Waals surface area contributed by atoms with E-state index in [0.717, 1.165) is 65.3 Å². The Kier molecular flexibility index (Phi) is 12.1. The number of benzene rings is 2. The van der Waals surface area contributed by atoms with Crippen LogP contribution in [0.2, 0.25) is 0 Å². The zero-order valence-corrected chi connectivity index (χ0v) is 26.1. The summed E-state index contributed by atoms with van der Waals surface area (Å²) in [4.78, 5) is 30.1. The molecule has 0 saturated heterocycles. The van der Waals surface area contributed by atoms with Crippen LogP contribution >= 0.6 is 11.3 Å². The molecule has 0 bridgehead atoms. The van der Waals surface area contributed by atoms with Gasteiger partial charge in [0.1, 0.15) is 23.5 Å². The molecule has 1 aliphatic rings. The smallest absolute Gasteiger partial charge is 0.333 e. The lowest BCUT2D eigenvalue weighted by Gasteiger charge is -2.27. The van der Waals surface area contributed by atoms with Crippen molar-refractivity contribution in [1.29, 1.82) is 0 Å². The van der Waals surface area contributed by atoms with Gasteiger partial charge in [-0.25, -0.2) is 9.78 Å². The molecule has 1 amide bonds. The van der Waals surface area contributed by atoms with E-state index in [4.69, 9.17) is 14.5 Å². The Hall–Kier alpha value is -3.75. The monoisotopic (exact) mass is 602 g/mol. The largest absolute Gasteiger partial charge is 0.489 e. The van der Waals surface area contributed by atoms with E-state index in [9.17, 15) is 14.7 Å². The van der Waals surface area contributed by atoms with Crippen LogP contribution < -0.4 is 10.1 Å². The standard InChI is InChI=1S/C35H42N2O5S/c1-4-41-35(40)25(3)19-24(2)20-29-23-43-34(36-29)31(37-33(39)32(38)28-13-9-6-10-14-28)21-26-15-17-30(18-16-26)42-22-27-11-7-5-8-12-27/h5,7-8,11-12,15-20,23,28,31-32,38H,4,6,9-10,13-14,21-22H2,1-3H3,(H,37,39)/b24-20+,25-19-/t31-,32?/m0/s1. The lowest BCUT2D eigenvalue weighted by molar-refractivity contribution is -0.138. The first-order valence-electron chi connectivity index (χ1n) is 15.1. The van der Waals surface area contributed by atoms with Gasteiger partial charge in [0.15, 0.2) is 0 Å². The summed E-state index contributed by atoms with van der Waals surface area (Å²) in [5.41, 5.74) is 4.23. The molecule has 3 aromatic rings. The van der Waals surface area contributed by atoms with Gasteiger partial charge >= 0.3 is 5.97 Å². The van der Waals surface area contributed by atoms with E-state index in [1.165, 1.54) is 11.3 Å². The molecule has 7 nitrogen and oxygen atoms in total. The molecule has 0 radical (unpaired) electrons. The van der Waals surface area contributed by atoms with Gasteiger partial charge < -0.3 is 19.9 Å². The second-order valence-electron chi connectivity index (χ2n) is 11.1. The van der Waals surface area contributed by atoms with Crippen LogP contribution in [0.25, 0.3) is 6.08 Å². The van der Waals surface area contributed by atoms with Crippen LogP contribution in [0, 0.1) is 5.92 Å². The number of nitrogens with one attached hydrogen (secondary N) is 1. The minimum Gasteiger partial charge on any atom is -0.489 e. The van der Waals surface area contributed by atoms with Crippen LogP contribution in [0.4, 0.5) is 0 Å². The highest BCUT2D eigenvalue weighted by atomic mass is 32.1. The first kappa shape index (κ1) is 32.2. The Bertz CT molecular complexity index is 1390. The van der Waals surface area contributed by atoms with Gasteiger partial charge in [0, 0.05) is 11.0 Å². The van der Waals surface area contributed by atoms with E-state index in [-0.39, 0.29) is 17.8 Å². The number of rotatable bonds is 13. The molecular weight excluding hydrogens is 560 g/mol. The number of aliphatic hydroxyl groups excluding tert-OH is 1. The van der Waals surface area contributed by atoms with Crippen LogP contribution in [-0.2, 0) is 27.4 Å². The molecule has 43 heavy (non-hydrogen) atoms. The third-order valence-electron chi connectivity index (χ3n) is 7.55. The lowest BCUT2D eigenvalue weighted by Crippen LogP contribution is -2.42. The fourth-order valence-corrected chi connectivity index (χ4v) is 6.09. The Balaban J connectivity index is 1.49. The van der Waals surface area contributed by atoms with Crippen molar-refractivity contribution in [2.75, 3.05) is 6.61 Å². The number of thiazole rings is 1. The van der Waals surface area contributed by atoms with E-state index >= 15 is 0 Å². The highest BCUT2D eigenvalue weighted by molar-refractivity contribution is 7.09. The summed E-state index contributed by atoms with van der Waals surface area (Å²) < 4.78 is 11.0. The lowest BCUT2D eigenvalue weighted by atomic mass is 9.85. The van der Waals surface area contributed by atoms with Gasteiger partial charge in [0.25, 0.3) is 0 Å². The molecule has 2 atom stereocenters. The Morgan fingerprint density at radius 2 is 1.77 bits per heavy atom. The number of carbonyl (C=O) groups is 2. The van der Waals surface area contributed by atoms with Crippen molar-refractivity contribution in [3.8, 4) is 5.75 Å². The fraction of sp³-hybridized carbons (Fsp3) is 0.400.